The number of nitrogens with zero attached hydrogens (tertiary/aromatic N) is 3. The molecule has 0 radical (unpaired) electrons. The molecule has 82 valence electrons. The summed E-state index contributed by atoms with van der Waals surface area (Å²) in [4.78, 5) is 4.33. The van der Waals surface area contributed by atoms with Crippen LogP contribution in [0, 0.1) is 0 Å². The fraction of sp³-hybridized carbons (Fsp3) is 0.364. The fourth-order valence-corrected chi connectivity index (χ4v) is 1.92. The molecule has 3 rings (SSSR count). The second-order valence-electron chi connectivity index (χ2n) is 3.94. The standard InChI is InChI=1S/C11H10BrN3O/c12-9-3-1-2-8(13-9)6-10-14-15-11(16-10)7-4-5-7/h1-3,7H,4-6H2. The minimum atomic E-state index is 0.511. The summed E-state index contributed by atoms with van der Waals surface area (Å²) in [5.74, 6) is 1.94. The van der Waals surface area contributed by atoms with Crippen LogP contribution in [0.15, 0.2) is 27.2 Å². The number of halogens is 1. The molecule has 0 atom stereocenters. The van der Waals surface area contributed by atoms with Crippen LogP contribution in [0.2, 0.25) is 0 Å². The van der Waals surface area contributed by atoms with Crippen LogP contribution >= 0.6 is 15.9 Å². The van der Waals surface area contributed by atoms with E-state index in [9.17, 15) is 0 Å². The first-order valence-corrected chi connectivity index (χ1v) is 6.04. The lowest BCUT2D eigenvalue weighted by atomic mass is 10.3. The Morgan fingerprint density at radius 2 is 2.19 bits per heavy atom. The average Bonchev–Trinajstić information content (AvgIpc) is 3.01. The molecule has 16 heavy (non-hydrogen) atoms. The van der Waals surface area contributed by atoms with E-state index >= 15 is 0 Å². The molecule has 0 bridgehead atoms. The molecule has 0 unspecified atom stereocenters. The minimum absolute atomic E-state index is 0.511. The monoisotopic (exact) mass is 279 g/mol. The van der Waals surface area contributed by atoms with Gasteiger partial charge >= 0.3 is 0 Å². The van der Waals surface area contributed by atoms with Crippen molar-refractivity contribution in [3.8, 4) is 0 Å². The maximum atomic E-state index is 5.57. The SMILES string of the molecule is Brc1cccc(Cc2nnc(C3CC3)o2)n1. The topological polar surface area (TPSA) is 51.8 Å². The Morgan fingerprint density at radius 1 is 1.31 bits per heavy atom. The van der Waals surface area contributed by atoms with Gasteiger partial charge in [-0.25, -0.2) is 4.98 Å². The zero-order valence-corrected chi connectivity index (χ0v) is 10.1. The number of aromatic nitrogens is 3. The van der Waals surface area contributed by atoms with Gasteiger partial charge in [-0.15, -0.1) is 10.2 Å². The van der Waals surface area contributed by atoms with Crippen LogP contribution in [0.1, 0.15) is 36.2 Å². The Bertz CT molecular complexity index is 507. The third-order valence-electron chi connectivity index (χ3n) is 2.51. The molecular formula is C11H10BrN3O. The van der Waals surface area contributed by atoms with Crippen LogP contribution < -0.4 is 0 Å². The first-order valence-electron chi connectivity index (χ1n) is 5.25. The van der Waals surface area contributed by atoms with Crippen molar-refractivity contribution in [1.82, 2.24) is 15.2 Å². The molecule has 2 heterocycles. The normalized spacial score (nSPS) is 15.3. The maximum absolute atomic E-state index is 5.57. The molecular weight excluding hydrogens is 270 g/mol. The number of hydrogen-bond donors (Lipinski definition) is 0. The molecule has 1 aliphatic carbocycles. The van der Waals surface area contributed by atoms with E-state index in [0.717, 1.165) is 16.2 Å². The van der Waals surface area contributed by atoms with Crippen LogP contribution in [0.5, 0.6) is 0 Å². The zero-order chi connectivity index (χ0) is 11.0. The lowest BCUT2D eigenvalue weighted by Crippen LogP contribution is -1.92. The summed E-state index contributed by atoms with van der Waals surface area (Å²) in [5, 5.41) is 8.07. The summed E-state index contributed by atoms with van der Waals surface area (Å²) in [7, 11) is 0. The summed E-state index contributed by atoms with van der Waals surface area (Å²) in [6.07, 6.45) is 2.95. The van der Waals surface area contributed by atoms with Gasteiger partial charge in [0, 0.05) is 5.92 Å². The van der Waals surface area contributed by atoms with E-state index in [0.29, 0.717) is 18.2 Å². The third kappa shape index (κ3) is 2.14. The van der Waals surface area contributed by atoms with E-state index in [-0.39, 0.29) is 0 Å². The van der Waals surface area contributed by atoms with Gasteiger partial charge in [0.05, 0.1) is 12.1 Å². The summed E-state index contributed by atoms with van der Waals surface area (Å²) in [6.45, 7) is 0. The molecule has 0 spiro atoms. The molecule has 0 aliphatic heterocycles. The van der Waals surface area contributed by atoms with Crippen LogP contribution in [-0.4, -0.2) is 15.2 Å². The van der Waals surface area contributed by atoms with Gasteiger partial charge in [0.15, 0.2) is 0 Å². The van der Waals surface area contributed by atoms with Gasteiger partial charge in [0.25, 0.3) is 0 Å². The van der Waals surface area contributed by atoms with Crippen LogP contribution in [0.4, 0.5) is 0 Å². The molecule has 5 heteroatoms. The van der Waals surface area contributed by atoms with Crippen molar-refractivity contribution in [3.63, 3.8) is 0 Å². The lowest BCUT2D eigenvalue weighted by molar-refractivity contribution is 0.458. The summed E-state index contributed by atoms with van der Waals surface area (Å²) < 4.78 is 6.40. The second-order valence-corrected chi connectivity index (χ2v) is 4.75. The van der Waals surface area contributed by atoms with E-state index < -0.39 is 0 Å². The van der Waals surface area contributed by atoms with Gasteiger partial charge in [-0.3, -0.25) is 0 Å². The summed E-state index contributed by atoms with van der Waals surface area (Å²) in [5.41, 5.74) is 0.931. The van der Waals surface area contributed by atoms with Crippen LogP contribution in [-0.2, 0) is 6.42 Å². The van der Waals surface area contributed by atoms with Gasteiger partial charge in [0.1, 0.15) is 4.60 Å². The minimum Gasteiger partial charge on any atom is -0.425 e. The van der Waals surface area contributed by atoms with Crippen molar-refractivity contribution in [1.29, 1.82) is 0 Å². The average molecular weight is 280 g/mol. The highest BCUT2D eigenvalue weighted by Gasteiger charge is 2.29. The molecule has 0 amide bonds. The van der Waals surface area contributed by atoms with Crippen LogP contribution in [0.3, 0.4) is 0 Å². The van der Waals surface area contributed by atoms with Crippen molar-refractivity contribution in [2.75, 3.05) is 0 Å². The Morgan fingerprint density at radius 3 is 2.94 bits per heavy atom. The first kappa shape index (κ1) is 9.96. The molecule has 1 aliphatic rings. The highest BCUT2D eigenvalue weighted by atomic mass is 79.9. The number of hydrogen-bond acceptors (Lipinski definition) is 4. The van der Waals surface area contributed by atoms with Crippen molar-refractivity contribution in [3.05, 3.63) is 40.3 Å². The Hall–Kier alpha value is -1.23. The molecule has 0 aromatic carbocycles. The van der Waals surface area contributed by atoms with Crippen molar-refractivity contribution >= 4 is 15.9 Å². The highest BCUT2D eigenvalue weighted by Crippen LogP contribution is 2.39. The molecule has 0 N–H and O–H groups in total. The largest absolute Gasteiger partial charge is 0.425 e. The Labute approximate surface area is 101 Å². The van der Waals surface area contributed by atoms with Crippen LogP contribution in [0.25, 0.3) is 0 Å². The van der Waals surface area contributed by atoms with Gasteiger partial charge in [-0.05, 0) is 40.9 Å². The number of pyridine rings is 1. The Balaban J connectivity index is 1.77. The molecule has 2 aromatic rings. The first-order chi connectivity index (χ1) is 7.81. The second kappa shape index (κ2) is 3.97. The van der Waals surface area contributed by atoms with Crippen molar-refractivity contribution < 1.29 is 4.42 Å². The predicted octanol–water partition coefficient (Wildman–Crippen LogP) is 2.70. The molecule has 1 saturated carbocycles. The van der Waals surface area contributed by atoms with E-state index in [1.165, 1.54) is 12.8 Å². The molecule has 1 fully saturated rings. The van der Waals surface area contributed by atoms with Gasteiger partial charge < -0.3 is 4.42 Å². The van der Waals surface area contributed by atoms with E-state index in [2.05, 4.69) is 31.1 Å². The van der Waals surface area contributed by atoms with Gasteiger partial charge in [-0.2, -0.15) is 0 Å². The van der Waals surface area contributed by atoms with E-state index in [1.54, 1.807) is 0 Å². The lowest BCUT2D eigenvalue weighted by Gasteiger charge is -1.96. The third-order valence-corrected chi connectivity index (χ3v) is 2.96. The van der Waals surface area contributed by atoms with E-state index in [4.69, 9.17) is 4.42 Å². The molecule has 2 aromatic heterocycles. The molecule has 0 saturated heterocycles. The number of rotatable bonds is 3. The van der Waals surface area contributed by atoms with Crippen molar-refractivity contribution in [2.24, 2.45) is 0 Å². The van der Waals surface area contributed by atoms with E-state index in [1.807, 2.05) is 18.2 Å². The van der Waals surface area contributed by atoms with Gasteiger partial charge in [-0.1, -0.05) is 6.07 Å². The zero-order valence-electron chi connectivity index (χ0n) is 8.56. The predicted molar refractivity (Wildman–Crippen MR) is 61.0 cm³/mol. The quantitative estimate of drug-likeness (QED) is 0.811. The summed E-state index contributed by atoms with van der Waals surface area (Å²) >= 11 is 3.34. The Kier molecular flexibility index (Phi) is 2.47. The molecule has 4 nitrogen and oxygen atoms in total. The van der Waals surface area contributed by atoms with Gasteiger partial charge in [0.2, 0.25) is 11.8 Å². The smallest absolute Gasteiger partial charge is 0.222 e. The highest BCUT2D eigenvalue weighted by molar-refractivity contribution is 9.10. The summed E-state index contributed by atoms with van der Waals surface area (Å²) in [6, 6.07) is 5.79. The maximum Gasteiger partial charge on any atom is 0.222 e. The van der Waals surface area contributed by atoms with Crippen molar-refractivity contribution in [2.45, 2.75) is 25.2 Å². The fourth-order valence-electron chi connectivity index (χ4n) is 1.54.